The zero-order valence-electron chi connectivity index (χ0n) is 29.1. The molecule has 0 aliphatic heterocycles. The Morgan fingerprint density at radius 1 is 0.872 bits per heavy atom. The maximum atomic E-state index is 14.5. The van der Waals surface area contributed by atoms with E-state index in [0.717, 1.165) is 18.4 Å². The Morgan fingerprint density at radius 2 is 1.53 bits per heavy atom. The number of nitrogens with zero attached hydrogens (tertiary/aromatic N) is 1. The number of ether oxygens (including phenoxy) is 2. The summed E-state index contributed by atoms with van der Waals surface area (Å²) in [7, 11) is 0. The standard InChI is InChI=1S/C36H53N3O7S/c1-9-10-14-21-39(32(42)28(20-22-47-8)38-34(44)46-36(5,6)7)30(26-18-15-19-27(40)24-26)31(41)37-29(33(43)45-35(2,3)4)23-25-16-12-11-13-17-25/h11-13,15-19,24,28-30,40H,9-10,14,20-23H2,1-8H3,(H,37,41)(H,38,44). The summed E-state index contributed by atoms with van der Waals surface area (Å²) in [5, 5.41) is 16.1. The number of nitrogens with one attached hydrogen (secondary N) is 2. The first-order chi connectivity index (χ1) is 22.0. The van der Waals surface area contributed by atoms with Crippen molar-refractivity contribution < 1.29 is 33.8 Å². The van der Waals surface area contributed by atoms with Gasteiger partial charge in [0.2, 0.25) is 11.8 Å². The second-order valence-corrected chi connectivity index (χ2v) is 14.5. The molecule has 3 atom stereocenters. The third-order valence-electron chi connectivity index (χ3n) is 6.92. The fourth-order valence-corrected chi connectivity index (χ4v) is 5.35. The molecule has 260 valence electrons. The number of thioether (sulfide) groups is 1. The Labute approximate surface area is 284 Å². The Bertz CT molecular complexity index is 1310. The number of unbranched alkanes of at least 4 members (excludes halogenated alkanes) is 2. The maximum Gasteiger partial charge on any atom is 0.408 e. The predicted molar refractivity (Wildman–Crippen MR) is 186 cm³/mol. The lowest BCUT2D eigenvalue weighted by atomic mass is 9.99. The second kappa shape index (κ2) is 18.6. The Morgan fingerprint density at radius 3 is 2.11 bits per heavy atom. The maximum absolute atomic E-state index is 14.5. The molecular formula is C36H53N3O7S. The molecule has 3 amide bonds. The van der Waals surface area contributed by atoms with Crippen LogP contribution in [0.2, 0.25) is 0 Å². The van der Waals surface area contributed by atoms with Gasteiger partial charge in [-0.15, -0.1) is 0 Å². The van der Waals surface area contributed by atoms with Crippen LogP contribution < -0.4 is 10.6 Å². The van der Waals surface area contributed by atoms with Gasteiger partial charge in [0.05, 0.1) is 0 Å². The number of carbonyl (C=O) groups excluding carboxylic acids is 4. The number of phenolic OH excluding ortho intramolecular Hbond substituents is 1. The normalized spacial score (nSPS) is 13.5. The second-order valence-electron chi connectivity index (χ2n) is 13.5. The summed E-state index contributed by atoms with van der Waals surface area (Å²) < 4.78 is 11.2. The zero-order chi connectivity index (χ0) is 35.2. The van der Waals surface area contributed by atoms with Crippen molar-refractivity contribution in [2.45, 2.75) is 110 Å². The van der Waals surface area contributed by atoms with Gasteiger partial charge in [0.25, 0.3) is 0 Å². The minimum absolute atomic E-state index is 0.0833. The van der Waals surface area contributed by atoms with E-state index < -0.39 is 53.2 Å². The smallest absolute Gasteiger partial charge is 0.408 e. The predicted octanol–water partition coefficient (Wildman–Crippen LogP) is 6.17. The molecule has 0 aliphatic carbocycles. The van der Waals surface area contributed by atoms with Crippen LogP contribution in [0.25, 0.3) is 0 Å². The number of hydrogen-bond acceptors (Lipinski definition) is 8. The number of benzene rings is 2. The summed E-state index contributed by atoms with van der Waals surface area (Å²) in [6.07, 6.45) is 3.88. The van der Waals surface area contributed by atoms with E-state index in [1.54, 1.807) is 53.7 Å². The van der Waals surface area contributed by atoms with Crippen LogP contribution in [0, 0.1) is 0 Å². The SMILES string of the molecule is CCCCCN(C(=O)C(CCSC)NC(=O)OC(C)(C)C)C(C(=O)NC(Cc1ccccc1)C(=O)OC(C)(C)C)c1cccc(O)c1. The van der Waals surface area contributed by atoms with Gasteiger partial charge in [-0.3, -0.25) is 9.59 Å². The van der Waals surface area contributed by atoms with E-state index in [0.29, 0.717) is 24.2 Å². The van der Waals surface area contributed by atoms with E-state index in [1.807, 2.05) is 43.5 Å². The van der Waals surface area contributed by atoms with Gasteiger partial charge >= 0.3 is 12.1 Å². The average molecular weight is 672 g/mol. The van der Waals surface area contributed by atoms with Crippen molar-refractivity contribution in [2.24, 2.45) is 0 Å². The first kappa shape index (κ1) is 39.4. The molecule has 2 aromatic rings. The summed E-state index contributed by atoms with van der Waals surface area (Å²) in [5.74, 6) is -1.22. The van der Waals surface area contributed by atoms with Crippen molar-refractivity contribution in [1.29, 1.82) is 0 Å². The summed E-state index contributed by atoms with van der Waals surface area (Å²) in [6.45, 7) is 12.7. The lowest BCUT2D eigenvalue weighted by Crippen LogP contribution is -2.55. The zero-order valence-corrected chi connectivity index (χ0v) is 29.9. The van der Waals surface area contributed by atoms with Crippen molar-refractivity contribution in [3.63, 3.8) is 0 Å². The molecular weight excluding hydrogens is 618 g/mol. The molecule has 3 unspecified atom stereocenters. The number of amides is 3. The summed E-state index contributed by atoms with van der Waals surface area (Å²) in [4.78, 5) is 56.7. The van der Waals surface area contributed by atoms with Crippen molar-refractivity contribution in [3.8, 4) is 5.75 Å². The number of esters is 1. The van der Waals surface area contributed by atoms with Gasteiger partial charge < -0.3 is 30.1 Å². The van der Waals surface area contributed by atoms with E-state index in [9.17, 15) is 24.3 Å². The van der Waals surface area contributed by atoms with Crippen LogP contribution in [0.5, 0.6) is 5.75 Å². The Kier molecular flexibility index (Phi) is 15.6. The van der Waals surface area contributed by atoms with Gasteiger partial charge in [-0.25, -0.2) is 9.59 Å². The van der Waals surface area contributed by atoms with Gasteiger partial charge in [-0.1, -0.05) is 62.2 Å². The first-order valence-corrected chi connectivity index (χ1v) is 17.6. The molecule has 11 heteroatoms. The minimum Gasteiger partial charge on any atom is -0.508 e. The van der Waals surface area contributed by atoms with E-state index in [2.05, 4.69) is 10.6 Å². The molecule has 0 saturated carbocycles. The molecule has 0 spiro atoms. The highest BCUT2D eigenvalue weighted by Crippen LogP contribution is 2.27. The monoisotopic (exact) mass is 671 g/mol. The Hall–Kier alpha value is -3.73. The molecule has 0 bridgehead atoms. The summed E-state index contributed by atoms with van der Waals surface area (Å²) in [6, 6.07) is 12.1. The molecule has 0 aliphatic rings. The lowest BCUT2D eigenvalue weighted by Gasteiger charge is -2.35. The van der Waals surface area contributed by atoms with Crippen LogP contribution in [0.1, 0.15) is 91.3 Å². The Balaban J connectivity index is 2.61. The summed E-state index contributed by atoms with van der Waals surface area (Å²) in [5.41, 5.74) is -0.415. The van der Waals surface area contributed by atoms with Gasteiger partial charge in [0, 0.05) is 13.0 Å². The quantitative estimate of drug-likeness (QED) is 0.143. The molecule has 47 heavy (non-hydrogen) atoms. The third kappa shape index (κ3) is 14.3. The highest BCUT2D eigenvalue weighted by molar-refractivity contribution is 7.98. The van der Waals surface area contributed by atoms with E-state index in [4.69, 9.17) is 9.47 Å². The molecule has 0 fully saturated rings. The van der Waals surface area contributed by atoms with Crippen molar-refractivity contribution in [1.82, 2.24) is 15.5 Å². The fourth-order valence-electron chi connectivity index (χ4n) is 4.88. The number of rotatable bonds is 16. The van der Waals surface area contributed by atoms with Gasteiger partial charge in [0.15, 0.2) is 0 Å². The van der Waals surface area contributed by atoms with Crippen LogP contribution in [-0.2, 0) is 30.3 Å². The molecule has 2 aromatic carbocycles. The van der Waals surface area contributed by atoms with Crippen LogP contribution >= 0.6 is 11.8 Å². The van der Waals surface area contributed by atoms with Crippen molar-refractivity contribution in [2.75, 3.05) is 18.6 Å². The minimum atomic E-state index is -1.23. The van der Waals surface area contributed by atoms with Crippen LogP contribution in [0.4, 0.5) is 4.79 Å². The topological polar surface area (TPSA) is 134 Å². The van der Waals surface area contributed by atoms with E-state index in [-0.39, 0.29) is 18.7 Å². The number of alkyl carbamates (subject to hydrolysis) is 1. The number of phenols is 1. The van der Waals surface area contributed by atoms with Crippen LogP contribution in [-0.4, -0.2) is 75.7 Å². The molecule has 10 nitrogen and oxygen atoms in total. The van der Waals surface area contributed by atoms with Gasteiger partial charge in [0.1, 0.15) is 35.1 Å². The van der Waals surface area contributed by atoms with Crippen LogP contribution in [0.15, 0.2) is 54.6 Å². The molecule has 0 radical (unpaired) electrons. The van der Waals surface area contributed by atoms with Crippen molar-refractivity contribution >= 4 is 35.6 Å². The van der Waals surface area contributed by atoms with E-state index in [1.165, 1.54) is 28.8 Å². The number of carbonyl (C=O) groups is 4. The molecule has 0 saturated heterocycles. The molecule has 0 heterocycles. The van der Waals surface area contributed by atoms with Gasteiger partial charge in [-0.05, 0) is 89.7 Å². The molecule has 2 rings (SSSR count). The van der Waals surface area contributed by atoms with E-state index >= 15 is 0 Å². The third-order valence-corrected chi connectivity index (χ3v) is 7.57. The number of aromatic hydroxyl groups is 1. The highest BCUT2D eigenvalue weighted by atomic mass is 32.2. The molecule has 0 aromatic heterocycles. The first-order valence-electron chi connectivity index (χ1n) is 16.2. The van der Waals surface area contributed by atoms with Crippen molar-refractivity contribution in [3.05, 3.63) is 65.7 Å². The van der Waals surface area contributed by atoms with Gasteiger partial charge in [-0.2, -0.15) is 11.8 Å². The number of hydrogen-bond donors (Lipinski definition) is 3. The largest absolute Gasteiger partial charge is 0.508 e. The summed E-state index contributed by atoms with van der Waals surface area (Å²) >= 11 is 1.52. The molecule has 3 N–H and O–H groups in total. The van der Waals surface area contributed by atoms with Crippen LogP contribution in [0.3, 0.4) is 0 Å². The average Bonchev–Trinajstić information content (AvgIpc) is 2.97. The fraction of sp³-hybridized carbons (Fsp3) is 0.556. The highest BCUT2D eigenvalue weighted by Gasteiger charge is 2.38. The lowest BCUT2D eigenvalue weighted by molar-refractivity contribution is -0.159.